The summed E-state index contributed by atoms with van der Waals surface area (Å²) in [6.45, 7) is 2.35. The first-order chi connectivity index (χ1) is 13.4. The van der Waals surface area contributed by atoms with Crippen molar-refractivity contribution in [1.82, 2.24) is 14.4 Å². The molecule has 146 valence electrons. The van der Waals surface area contributed by atoms with Gasteiger partial charge in [0, 0.05) is 12.1 Å². The molecule has 1 saturated heterocycles. The molecule has 0 N–H and O–H groups in total. The number of aryl methyl sites for hydroxylation is 1. The average Bonchev–Trinajstić information content (AvgIpc) is 3.19. The topological polar surface area (TPSA) is 76.3 Å². The van der Waals surface area contributed by atoms with Gasteiger partial charge in [-0.05, 0) is 44.0 Å². The van der Waals surface area contributed by atoms with Crippen LogP contribution in [0.3, 0.4) is 0 Å². The molecule has 0 spiro atoms. The summed E-state index contributed by atoms with van der Waals surface area (Å²) in [5.74, 6) is 0.231. The molecule has 1 unspecified atom stereocenters. The summed E-state index contributed by atoms with van der Waals surface area (Å²) >= 11 is 0. The third kappa shape index (κ3) is 3.57. The molecule has 28 heavy (non-hydrogen) atoms. The smallest absolute Gasteiger partial charge is 0.245 e. The zero-order valence-electron chi connectivity index (χ0n) is 15.4. The Kier molecular flexibility index (Phi) is 4.99. The molecule has 4 rings (SSSR count). The van der Waals surface area contributed by atoms with E-state index >= 15 is 0 Å². The normalized spacial score (nSPS) is 18.3. The Bertz CT molecular complexity index is 1060. The molecular weight excluding hydrogens is 381 g/mol. The molecule has 2 heterocycles. The van der Waals surface area contributed by atoms with Gasteiger partial charge in [0.25, 0.3) is 0 Å². The van der Waals surface area contributed by atoms with Crippen molar-refractivity contribution in [3.63, 3.8) is 0 Å². The van der Waals surface area contributed by atoms with Crippen LogP contribution >= 0.6 is 0 Å². The number of sulfonamides is 1. The van der Waals surface area contributed by atoms with Crippen LogP contribution < -0.4 is 0 Å². The van der Waals surface area contributed by atoms with Crippen molar-refractivity contribution in [2.45, 2.75) is 37.1 Å². The van der Waals surface area contributed by atoms with E-state index < -0.39 is 21.9 Å². The van der Waals surface area contributed by atoms with Crippen LogP contribution in [0.4, 0.5) is 4.39 Å². The van der Waals surface area contributed by atoms with E-state index in [1.165, 1.54) is 16.4 Å². The second-order valence-corrected chi connectivity index (χ2v) is 8.79. The highest BCUT2D eigenvalue weighted by atomic mass is 32.2. The summed E-state index contributed by atoms with van der Waals surface area (Å²) in [7, 11) is -3.80. The summed E-state index contributed by atoms with van der Waals surface area (Å²) in [6.07, 6.45) is 2.20. The Hall–Kier alpha value is -2.58. The van der Waals surface area contributed by atoms with Crippen LogP contribution in [0.1, 0.15) is 36.8 Å². The van der Waals surface area contributed by atoms with Crippen molar-refractivity contribution in [1.29, 1.82) is 0 Å². The Morgan fingerprint density at radius 3 is 2.50 bits per heavy atom. The zero-order chi connectivity index (χ0) is 19.7. The van der Waals surface area contributed by atoms with Gasteiger partial charge in [-0.25, -0.2) is 12.8 Å². The van der Waals surface area contributed by atoms with Crippen LogP contribution in [0.15, 0.2) is 57.9 Å². The molecule has 0 amide bonds. The number of hydrogen-bond donors (Lipinski definition) is 0. The van der Waals surface area contributed by atoms with Gasteiger partial charge in [-0.15, -0.1) is 0 Å². The molecule has 1 aliphatic heterocycles. The maximum Gasteiger partial charge on any atom is 0.245 e. The van der Waals surface area contributed by atoms with Gasteiger partial charge in [-0.1, -0.05) is 41.4 Å². The number of benzene rings is 2. The van der Waals surface area contributed by atoms with E-state index in [1.807, 2.05) is 31.2 Å². The highest BCUT2D eigenvalue weighted by Gasteiger charge is 2.37. The molecule has 6 nitrogen and oxygen atoms in total. The van der Waals surface area contributed by atoms with E-state index in [-0.39, 0.29) is 10.8 Å². The Morgan fingerprint density at radius 2 is 1.79 bits per heavy atom. The molecule has 1 aromatic heterocycles. The van der Waals surface area contributed by atoms with Crippen molar-refractivity contribution in [2.75, 3.05) is 6.54 Å². The third-order valence-corrected chi connectivity index (χ3v) is 6.83. The van der Waals surface area contributed by atoms with Gasteiger partial charge in [0.15, 0.2) is 0 Å². The summed E-state index contributed by atoms with van der Waals surface area (Å²) in [6, 6.07) is 12.0. The number of rotatable bonds is 4. The lowest BCUT2D eigenvalue weighted by Crippen LogP contribution is -2.38. The van der Waals surface area contributed by atoms with Crippen LogP contribution in [0, 0.1) is 12.7 Å². The van der Waals surface area contributed by atoms with Crippen molar-refractivity contribution in [3.8, 4) is 11.4 Å². The molecule has 8 heteroatoms. The van der Waals surface area contributed by atoms with Crippen LogP contribution in [0.2, 0.25) is 0 Å². The van der Waals surface area contributed by atoms with Gasteiger partial charge < -0.3 is 4.52 Å². The van der Waals surface area contributed by atoms with E-state index in [9.17, 15) is 12.8 Å². The number of aromatic nitrogens is 2. The number of hydrogen-bond acceptors (Lipinski definition) is 5. The molecule has 0 saturated carbocycles. The van der Waals surface area contributed by atoms with Crippen molar-refractivity contribution in [3.05, 3.63) is 65.8 Å². The van der Waals surface area contributed by atoms with E-state index in [4.69, 9.17) is 4.52 Å². The second-order valence-electron chi connectivity index (χ2n) is 6.90. The summed E-state index contributed by atoms with van der Waals surface area (Å²) in [4.78, 5) is 4.52. The molecule has 1 aliphatic rings. The lowest BCUT2D eigenvalue weighted by atomic mass is 10.1. The Morgan fingerprint density at radius 1 is 1.07 bits per heavy atom. The minimum atomic E-state index is -3.80. The summed E-state index contributed by atoms with van der Waals surface area (Å²) < 4.78 is 46.3. The first-order valence-corrected chi connectivity index (χ1v) is 10.6. The predicted octanol–water partition coefficient (Wildman–Crippen LogP) is 4.10. The van der Waals surface area contributed by atoms with Crippen molar-refractivity contribution >= 4 is 10.0 Å². The Balaban J connectivity index is 1.66. The number of halogens is 1. The number of piperidine rings is 1. The minimum Gasteiger partial charge on any atom is -0.337 e. The molecule has 0 bridgehead atoms. The highest BCUT2D eigenvalue weighted by Crippen LogP contribution is 2.35. The van der Waals surface area contributed by atoms with Gasteiger partial charge in [0.1, 0.15) is 11.9 Å². The molecule has 3 aromatic rings. The van der Waals surface area contributed by atoms with Gasteiger partial charge in [-0.2, -0.15) is 9.29 Å². The fraction of sp³-hybridized carbons (Fsp3) is 0.300. The predicted molar refractivity (Wildman–Crippen MR) is 101 cm³/mol. The molecular formula is C20H20FN3O3S. The first-order valence-electron chi connectivity index (χ1n) is 9.13. The van der Waals surface area contributed by atoms with Crippen LogP contribution in [-0.4, -0.2) is 29.4 Å². The number of nitrogens with zero attached hydrogens (tertiary/aromatic N) is 3. The highest BCUT2D eigenvalue weighted by molar-refractivity contribution is 7.89. The first kappa shape index (κ1) is 18.8. The van der Waals surface area contributed by atoms with Gasteiger partial charge >= 0.3 is 0 Å². The fourth-order valence-corrected chi connectivity index (χ4v) is 5.02. The van der Waals surface area contributed by atoms with E-state index in [0.717, 1.165) is 36.1 Å². The maximum absolute atomic E-state index is 13.2. The maximum atomic E-state index is 13.2. The quantitative estimate of drug-likeness (QED) is 0.658. The lowest BCUT2D eigenvalue weighted by molar-refractivity contribution is 0.204. The van der Waals surface area contributed by atoms with Crippen LogP contribution in [0.5, 0.6) is 0 Å². The van der Waals surface area contributed by atoms with E-state index in [0.29, 0.717) is 18.8 Å². The van der Waals surface area contributed by atoms with Gasteiger partial charge in [0.2, 0.25) is 21.7 Å². The molecule has 0 radical (unpaired) electrons. The van der Waals surface area contributed by atoms with Crippen molar-refractivity contribution in [2.24, 2.45) is 0 Å². The molecule has 1 fully saturated rings. The lowest BCUT2D eigenvalue weighted by Gasteiger charge is -2.32. The van der Waals surface area contributed by atoms with Gasteiger partial charge in [-0.3, -0.25) is 0 Å². The SMILES string of the molecule is Cc1ccc(-c2noc(C3CCCCN3S(=O)(=O)c3ccc(F)cc3)n2)cc1. The zero-order valence-corrected chi connectivity index (χ0v) is 16.2. The third-order valence-electron chi connectivity index (χ3n) is 4.91. The molecule has 0 aliphatic carbocycles. The average molecular weight is 401 g/mol. The van der Waals surface area contributed by atoms with Crippen LogP contribution in [-0.2, 0) is 10.0 Å². The Labute approximate surface area is 163 Å². The monoisotopic (exact) mass is 401 g/mol. The largest absolute Gasteiger partial charge is 0.337 e. The molecule has 2 aromatic carbocycles. The van der Waals surface area contributed by atoms with Crippen molar-refractivity contribution < 1.29 is 17.3 Å². The minimum absolute atomic E-state index is 0.0547. The standard InChI is InChI=1S/C20H20FN3O3S/c1-14-5-7-15(8-6-14)19-22-20(27-23-19)18-4-2-3-13-24(18)28(25,26)17-11-9-16(21)10-12-17/h5-12,18H,2-4,13H2,1H3. The van der Waals surface area contributed by atoms with Crippen LogP contribution in [0.25, 0.3) is 11.4 Å². The molecule has 1 atom stereocenters. The summed E-state index contributed by atoms with van der Waals surface area (Å²) in [5.41, 5.74) is 1.93. The van der Waals surface area contributed by atoms with Gasteiger partial charge in [0.05, 0.1) is 4.90 Å². The van der Waals surface area contributed by atoms with E-state index in [2.05, 4.69) is 10.1 Å². The van der Waals surface area contributed by atoms with E-state index in [1.54, 1.807) is 0 Å². The fourth-order valence-electron chi connectivity index (χ4n) is 3.37. The second kappa shape index (κ2) is 7.44. The summed E-state index contributed by atoms with van der Waals surface area (Å²) in [5, 5.41) is 4.03.